The van der Waals surface area contributed by atoms with Crippen LogP contribution in [-0.2, 0) is 24.8 Å². The van der Waals surface area contributed by atoms with Gasteiger partial charge in [0.25, 0.3) is 5.91 Å². The average Bonchev–Trinajstić information content (AvgIpc) is 3.24. The fourth-order valence-corrected chi connectivity index (χ4v) is 3.80. The standard InChI is InChI=1S/C20H23N5O2/c1-13(26)21-11-14-6-9-25-18(10-14)16(12-22-25)20(27)23-17-5-3-4-15-7-8-24(2)19(15)17/h3-5,7-8,12,14H,6,9-11H2,1-2H3,(H,21,26)(H,23,27)/t14-/m1/s1. The van der Waals surface area contributed by atoms with E-state index in [2.05, 4.69) is 15.7 Å². The first kappa shape index (κ1) is 17.3. The Labute approximate surface area is 157 Å². The molecule has 2 amide bonds. The van der Waals surface area contributed by atoms with Crippen LogP contribution in [0.3, 0.4) is 0 Å². The molecule has 3 aromatic rings. The quantitative estimate of drug-likeness (QED) is 0.745. The van der Waals surface area contributed by atoms with E-state index in [4.69, 9.17) is 0 Å². The van der Waals surface area contributed by atoms with E-state index in [9.17, 15) is 9.59 Å². The Morgan fingerprint density at radius 2 is 2.15 bits per heavy atom. The summed E-state index contributed by atoms with van der Waals surface area (Å²) in [5, 5.41) is 11.4. The van der Waals surface area contributed by atoms with Crippen molar-refractivity contribution in [3.63, 3.8) is 0 Å². The predicted octanol–water partition coefficient (Wildman–Crippen LogP) is 2.33. The summed E-state index contributed by atoms with van der Waals surface area (Å²) in [5.41, 5.74) is 3.33. The molecule has 0 spiro atoms. The molecule has 0 saturated heterocycles. The van der Waals surface area contributed by atoms with Gasteiger partial charge in [-0.2, -0.15) is 5.10 Å². The highest BCUT2D eigenvalue weighted by Crippen LogP contribution is 2.26. The molecule has 0 unspecified atom stereocenters. The largest absolute Gasteiger partial charge is 0.356 e. The van der Waals surface area contributed by atoms with Gasteiger partial charge in [-0.3, -0.25) is 14.3 Å². The number of hydrogen-bond donors (Lipinski definition) is 2. The lowest BCUT2D eigenvalue weighted by atomic mass is 9.94. The summed E-state index contributed by atoms with van der Waals surface area (Å²) in [6.45, 7) is 2.92. The minimum atomic E-state index is -0.148. The molecule has 0 saturated carbocycles. The Balaban J connectivity index is 1.56. The number of amides is 2. The number of para-hydroxylation sites is 1. The summed E-state index contributed by atoms with van der Waals surface area (Å²) in [5.74, 6) is 0.147. The lowest BCUT2D eigenvalue weighted by Crippen LogP contribution is -2.32. The van der Waals surface area contributed by atoms with Gasteiger partial charge in [-0.15, -0.1) is 0 Å². The van der Waals surface area contributed by atoms with E-state index in [0.717, 1.165) is 41.7 Å². The van der Waals surface area contributed by atoms with E-state index >= 15 is 0 Å². The number of anilines is 1. The Hall–Kier alpha value is -3.09. The van der Waals surface area contributed by atoms with Gasteiger partial charge in [-0.1, -0.05) is 12.1 Å². The zero-order chi connectivity index (χ0) is 19.0. The molecule has 7 heteroatoms. The summed E-state index contributed by atoms with van der Waals surface area (Å²) in [4.78, 5) is 24.1. The molecule has 1 aliphatic heterocycles. The molecular formula is C20H23N5O2. The Kier molecular flexibility index (Phi) is 4.43. The lowest BCUT2D eigenvalue weighted by molar-refractivity contribution is -0.119. The maximum absolute atomic E-state index is 13.0. The third-order valence-corrected chi connectivity index (χ3v) is 5.21. The van der Waals surface area contributed by atoms with E-state index in [1.807, 2.05) is 46.8 Å². The number of rotatable bonds is 4. The van der Waals surface area contributed by atoms with Gasteiger partial charge in [-0.05, 0) is 30.9 Å². The third kappa shape index (κ3) is 3.32. The van der Waals surface area contributed by atoms with Crippen molar-refractivity contribution in [1.29, 1.82) is 0 Å². The number of carbonyl (C=O) groups is 2. The molecule has 0 radical (unpaired) electrons. The molecule has 1 aliphatic rings. The van der Waals surface area contributed by atoms with E-state index in [1.54, 1.807) is 6.20 Å². The normalized spacial score (nSPS) is 16.1. The highest BCUT2D eigenvalue weighted by molar-refractivity contribution is 6.09. The highest BCUT2D eigenvalue weighted by atomic mass is 16.2. The number of nitrogens with one attached hydrogen (secondary N) is 2. The molecule has 0 aliphatic carbocycles. The molecule has 1 atom stereocenters. The molecule has 0 fully saturated rings. The van der Waals surface area contributed by atoms with Gasteiger partial charge in [-0.25, -0.2) is 0 Å². The van der Waals surface area contributed by atoms with Crippen molar-refractivity contribution in [2.75, 3.05) is 11.9 Å². The molecule has 0 bridgehead atoms. The average molecular weight is 365 g/mol. The van der Waals surface area contributed by atoms with Gasteiger partial charge < -0.3 is 15.2 Å². The number of hydrogen-bond acceptors (Lipinski definition) is 3. The summed E-state index contributed by atoms with van der Waals surface area (Å²) >= 11 is 0. The van der Waals surface area contributed by atoms with Crippen LogP contribution in [0.1, 0.15) is 29.4 Å². The highest BCUT2D eigenvalue weighted by Gasteiger charge is 2.25. The van der Waals surface area contributed by atoms with Crippen molar-refractivity contribution >= 4 is 28.4 Å². The summed E-state index contributed by atoms with van der Waals surface area (Å²) in [7, 11) is 1.96. The van der Waals surface area contributed by atoms with Crippen molar-refractivity contribution in [2.45, 2.75) is 26.3 Å². The number of carbonyl (C=O) groups excluding carboxylic acids is 2. The molecule has 140 valence electrons. The van der Waals surface area contributed by atoms with Gasteiger partial charge in [0.2, 0.25) is 5.91 Å². The number of fused-ring (bicyclic) bond motifs is 2. The number of aromatic nitrogens is 3. The van der Waals surface area contributed by atoms with E-state index in [0.29, 0.717) is 18.0 Å². The van der Waals surface area contributed by atoms with Crippen LogP contribution < -0.4 is 10.6 Å². The second-order valence-corrected chi connectivity index (χ2v) is 7.15. The maximum atomic E-state index is 13.0. The maximum Gasteiger partial charge on any atom is 0.259 e. The first-order valence-corrected chi connectivity index (χ1v) is 9.17. The van der Waals surface area contributed by atoms with Crippen molar-refractivity contribution in [3.8, 4) is 0 Å². The molecule has 27 heavy (non-hydrogen) atoms. The molecule has 1 aromatic carbocycles. The second-order valence-electron chi connectivity index (χ2n) is 7.15. The fourth-order valence-electron chi connectivity index (χ4n) is 3.80. The van der Waals surface area contributed by atoms with E-state index in [1.165, 1.54) is 6.92 Å². The number of benzene rings is 1. The predicted molar refractivity (Wildman–Crippen MR) is 104 cm³/mol. The Morgan fingerprint density at radius 3 is 2.96 bits per heavy atom. The number of nitrogens with zero attached hydrogens (tertiary/aromatic N) is 3. The van der Waals surface area contributed by atoms with Crippen LogP contribution in [-0.4, -0.2) is 32.7 Å². The third-order valence-electron chi connectivity index (χ3n) is 5.21. The monoisotopic (exact) mass is 365 g/mol. The molecule has 4 rings (SSSR count). The SMILES string of the molecule is CC(=O)NC[C@@H]1CCn2ncc(C(=O)Nc3cccc4ccn(C)c34)c2C1. The Morgan fingerprint density at radius 1 is 1.30 bits per heavy atom. The molecule has 2 aromatic heterocycles. The minimum absolute atomic E-state index is 0.0253. The smallest absolute Gasteiger partial charge is 0.259 e. The molecule has 2 N–H and O–H groups in total. The van der Waals surface area contributed by atoms with Crippen LogP contribution in [0, 0.1) is 5.92 Å². The first-order valence-electron chi connectivity index (χ1n) is 9.17. The second kappa shape index (κ2) is 6.90. The van der Waals surface area contributed by atoms with Gasteiger partial charge in [0.1, 0.15) is 0 Å². The molecule has 3 heterocycles. The van der Waals surface area contributed by atoms with Crippen molar-refractivity contribution < 1.29 is 9.59 Å². The van der Waals surface area contributed by atoms with Gasteiger partial charge in [0, 0.05) is 38.6 Å². The van der Waals surface area contributed by atoms with Crippen LogP contribution in [0.2, 0.25) is 0 Å². The van der Waals surface area contributed by atoms with Crippen LogP contribution >= 0.6 is 0 Å². The van der Waals surface area contributed by atoms with E-state index < -0.39 is 0 Å². The van der Waals surface area contributed by atoms with Crippen LogP contribution in [0.5, 0.6) is 0 Å². The minimum Gasteiger partial charge on any atom is -0.356 e. The lowest BCUT2D eigenvalue weighted by Gasteiger charge is -2.24. The van der Waals surface area contributed by atoms with Crippen LogP contribution in [0.15, 0.2) is 36.7 Å². The van der Waals surface area contributed by atoms with Crippen molar-refractivity contribution in [1.82, 2.24) is 19.7 Å². The van der Waals surface area contributed by atoms with Crippen molar-refractivity contribution in [2.24, 2.45) is 13.0 Å². The van der Waals surface area contributed by atoms with Crippen LogP contribution in [0.4, 0.5) is 5.69 Å². The van der Waals surface area contributed by atoms with Gasteiger partial charge >= 0.3 is 0 Å². The molecule has 7 nitrogen and oxygen atoms in total. The van der Waals surface area contributed by atoms with Gasteiger partial charge in [0.15, 0.2) is 0 Å². The summed E-state index contributed by atoms with van der Waals surface area (Å²) in [6, 6.07) is 7.91. The van der Waals surface area contributed by atoms with Crippen molar-refractivity contribution in [3.05, 3.63) is 47.9 Å². The Bertz CT molecular complexity index is 1020. The van der Waals surface area contributed by atoms with Gasteiger partial charge in [0.05, 0.1) is 28.7 Å². The summed E-state index contributed by atoms with van der Waals surface area (Å²) < 4.78 is 3.91. The summed E-state index contributed by atoms with van der Waals surface area (Å²) in [6.07, 6.45) is 5.31. The fraction of sp³-hybridized carbons (Fsp3) is 0.350. The van der Waals surface area contributed by atoms with Crippen LogP contribution in [0.25, 0.3) is 10.9 Å². The topological polar surface area (TPSA) is 80.9 Å². The zero-order valence-electron chi connectivity index (χ0n) is 15.5. The number of aryl methyl sites for hydroxylation is 2. The molecular weight excluding hydrogens is 342 g/mol. The zero-order valence-corrected chi connectivity index (χ0v) is 15.5. The first-order chi connectivity index (χ1) is 13.0. The van der Waals surface area contributed by atoms with E-state index in [-0.39, 0.29) is 11.8 Å².